The molecule has 0 spiro atoms. The Kier molecular flexibility index (Phi) is 5.74. The highest BCUT2D eigenvalue weighted by Gasteiger charge is 2.39. The van der Waals surface area contributed by atoms with Crippen molar-refractivity contribution in [1.82, 2.24) is 4.90 Å². The van der Waals surface area contributed by atoms with E-state index in [4.69, 9.17) is 9.47 Å². The highest BCUT2D eigenvalue weighted by Crippen LogP contribution is 2.32. The minimum absolute atomic E-state index is 0.0274. The molecule has 0 bridgehead atoms. The van der Waals surface area contributed by atoms with Gasteiger partial charge in [-0.05, 0) is 37.0 Å². The van der Waals surface area contributed by atoms with Crippen molar-refractivity contribution >= 4 is 5.91 Å². The number of carbonyl (C=O) groups is 1. The summed E-state index contributed by atoms with van der Waals surface area (Å²) in [5.74, 6) is 1.15. The maximum absolute atomic E-state index is 12.7. The lowest BCUT2D eigenvalue weighted by molar-refractivity contribution is -0.143. The van der Waals surface area contributed by atoms with E-state index >= 15 is 0 Å². The molecule has 0 radical (unpaired) electrons. The molecule has 3 atom stereocenters. The summed E-state index contributed by atoms with van der Waals surface area (Å²) in [4.78, 5) is 14.7. The molecule has 2 aliphatic rings. The maximum Gasteiger partial charge on any atom is 0.223 e. The number of morpholine rings is 1. The Bertz CT molecular complexity index is 545. The van der Waals surface area contributed by atoms with Gasteiger partial charge in [0.15, 0.2) is 0 Å². The maximum atomic E-state index is 12.7. The van der Waals surface area contributed by atoms with Crippen molar-refractivity contribution in [3.8, 4) is 5.75 Å². The SMILES string of the molecule is COc1ccc(CCC(=O)N2CCOC[C@@H]2[C@@H]2CCC[C@H]2O)cc1. The van der Waals surface area contributed by atoms with Gasteiger partial charge in [0.2, 0.25) is 5.91 Å². The van der Waals surface area contributed by atoms with Crippen LogP contribution in [0.5, 0.6) is 5.75 Å². The fraction of sp³-hybridized carbons (Fsp3) is 0.632. The number of benzene rings is 1. The number of nitrogens with zero attached hydrogens (tertiary/aromatic N) is 1. The van der Waals surface area contributed by atoms with Crippen molar-refractivity contribution < 1.29 is 19.4 Å². The van der Waals surface area contributed by atoms with E-state index in [-0.39, 0.29) is 24.0 Å². The van der Waals surface area contributed by atoms with E-state index in [1.165, 1.54) is 0 Å². The number of hydrogen-bond donors (Lipinski definition) is 1. The number of aliphatic hydroxyl groups excluding tert-OH is 1. The molecule has 0 aromatic heterocycles. The third kappa shape index (κ3) is 3.90. The molecule has 1 amide bonds. The number of rotatable bonds is 5. The average Bonchev–Trinajstić information content (AvgIpc) is 3.06. The average molecular weight is 333 g/mol. The first-order valence-electron chi connectivity index (χ1n) is 8.87. The minimum atomic E-state index is -0.298. The Hall–Kier alpha value is -1.59. The highest BCUT2D eigenvalue weighted by molar-refractivity contribution is 5.77. The van der Waals surface area contributed by atoms with Crippen LogP contribution in [0.4, 0.5) is 0 Å². The molecule has 24 heavy (non-hydrogen) atoms. The molecule has 5 heteroatoms. The molecule has 3 rings (SSSR count). The Balaban J connectivity index is 1.59. The van der Waals surface area contributed by atoms with Gasteiger partial charge in [-0.2, -0.15) is 0 Å². The number of methoxy groups -OCH3 is 1. The lowest BCUT2D eigenvalue weighted by Gasteiger charge is -2.40. The molecule has 2 fully saturated rings. The second kappa shape index (κ2) is 7.99. The van der Waals surface area contributed by atoms with Crippen LogP contribution < -0.4 is 4.74 Å². The van der Waals surface area contributed by atoms with Gasteiger partial charge in [0.1, 0.15) is 5.75 Å². The molecule has 1 aliphatic carbocycles. The van der Waals surface area contributed by atoms with Crippen LogP contribution in [0.25, 0.3) is 0 Å². The Labute approximate surface area is 143 Å². The molecular formula is C19H27NO4. The Morgan fingerprint density at radius 3 is 2.79 bits per heavy atom. The molecule has 1 saturated carbocycles. The van der Waals surface area contributed by atoms with Gasteiger partial charge < -0.3 is 19.5 Å². The Morgan fingerprint density at radius 2 is 2.12 bits per heavy atom. The van der Waals surface area contributed by atoms with Crippen molar-refractivity contribution in [2.24, 2.45) is 5.92 Å². The number of aliphatic hydroxyl groups is 1. The van der Waals surface area contributed by atoms with Crippen molar-refractivity contribution in [2.75, 3.05) is 26.9 Å². The zero-order chi connectivity index (χ0) is 16.9. The van der Waals surface area contributed by atoms with E-state index in [0.29, 0.717) is 26.2 Å². The number of aryl methyl sites for hydroxylation is 1. The van der Waals surface area contributed by atoms with E-state index in [0.717, 1.165) is 37.0 Å². The van der Waals surface area contributed by atoms with Crippen molar-refractivity contribution in [2.45, 2.75) is 44.2 Å². The van der Waals surface area contributed by atoms with Crippen molar-refractivity contribution in [3.05, 3.63) is 29.8 Å². The summed E-state index contributed by atoms with van der Waals surface area (Å²) in [7, 11) is 1.65. The summed E-state index contributed by atoms with van der Waals surface area (Å²) in [5.41, 5.74) is 1.13. The first-order valence-corrected chi connectivity index (χ1v) is 8.87. The molecular weight excluding hydrogens is 306 g/mol. The van der Waals surface area contributed by atoms with Gasteiger partial charge in [-0.15, -0.1) is 0 Å². The van der Waals surface area contributed by atoms with Crippen LogP contribution in [-0.4, -0.2) is 54.9 Å². The fourth-order valence-corrected chi connectivity index (χ4v) is 3.89. The van der Waals surface area contributed by atoms with Gasteiger partial charge in [0, 0.05) is 18.9 Å². The van der Waals surface area contributed by atoms with E-state index in [9.17, 15) is 9.90 Å². The summed E-state index contributed by atoms with van der Waals surface area (Å²) in [6.07, 6.45) is 3.78. The summed E-state index contributed by atoms with van der Waals surface area (Å²) in [6, 6.07) is 7.88. The van der Waals surface area contributed by atoms with Crippen molar-refractivity contribution in [3.63, 3.8) is 0 Å². The first-order chi connectivity index (χ1) is 11.7. The summed E-state index contributed by atoms with van der Waals surface area (Å²) in [5, 5.41) is 10.2. The predicted molar refractivity (Wildman–Crippen MR) is 91.0 cm³/mol. The molecule has 1 aromatic rings. The second-order valence-electron chi connectivity index (χ2n) is 6.74. The molecule has 1 aliphatic heterocycles. The predicted octanol–water partition coefficient (Wildman–Crippen LogP) is 2.02. The first kappa shape index (κ1) is 17.2. The van der Waals surface area contributed by atoms with Gasteiger partial charge in [-0.3, -0.25) is 4.79 Å². The smallest absolute Gasteiger partial charge is 0.223 e. The molecule has 1 saturated heterocycles. The van der Waals surface area contributed by atoms with Crippen LogP contribution in [0, 0.1) is 5.92 Å². The summed E-state index contributed by atoms with van der Waals surface area (Å²) < 4.78 is 10.8. The topological polar surface area (TPSA) is 59.0 Å². The summed E-state index contributed by atoms with van der Waals surface area (Å²) >= 11 is 0. The van der Waals surface area contributed by atoms with E-state index in [1.807, 2.05) is 29.2 Å². The quantitative estimate of drug-likeness (QED) is 0.895. The third-order valence-electron chi connectivity index (χ3n) is 5.30. The highest BCUT2D eigenvalue weighted by atomic mass is 16.5. The number of ether oxygens (including phenoxy) is 2. The number of carbonyl (C=O) groups excluding carboxylic acids is 1. The lowest BCUT2D eigenvalue weighted by atomic mass is 9.93. The Morgan fingerprint density at radius 1 is 1.33 bits per heavy atom. The van der Waals surface area contributed by atoms with Gasteiger partial charge in [-0.1, -0.05) is 18.6 Å². The molecule has 132 valence electrons. The van der Waals surface area contributed by atoms with Crippen molar-refractivity contribution in [1.29, 1.82) is 0 Å². The fourth-order valence-electron chi connectivity index (χ4n) is 3.89. The van der Waals surface area contributed by atoms with Crippen LogP contribution in [0.15, 0.2) is 24.3 Å². The lowest BCUT2D eigenvalue weighted by Crippen LogP contribution is -2.53. The van der Waals surface area contributed by atoms with Gasteiger partial charge in [-0.25, -0.2) is 0 Å². The zero-order valence-electron chi connectivity index (χ0n) is 14.3. The molecule has 1 heterocycles. The second-order valence-corrected chi connectivity index (χ2v) is 6.74. The van der Waals surface area contributed by atoms with Crippen LogP contribution in [-0.2, 0) is 16.0 Å². The molecule has 5 nitrogen and oxygen atoms in total. The van der Waals surface area contributed by atoms with Crippen LogP contribution in [0.2, 0.25) is 0 Å². The number of amides is 1. The normalized spacial score (nSPS) is 27.2. The van der Waals surface area contributed by atoms with Gasteiger partial charge in [0.25, 0.3) is 0 Å². The largest absolute Gasteiger partial charge is 0.497 e. The molecule has 1 N–H and O–H groups in total. The molecule has 1 aromatic carbocycles. The third-order valence-corrected chi connectivity index (χ3v) is 5.30. The van der Waals surface area contributed by atoms with Gasteiger partial charge >= 0.3 is 0 Å². The zero-order valence-corrected chi connectivity index (χ0v) is 14.3. The van der Waals surface area contributed by atoms with E-state index < -0.39 is 0 Å². The van der Waals surface area contributed by atoms with E-state index in [1.54, 1.807) is 7.11 Å². The van der Waals surface area contributed by atoms with Crippen LogP contribution in [0.3, 0.4) is 0 Å². The monoisotopic (exact) mass is 333 g/mol. The standard InChI is InChI=1S/C19H27NO4/c1-23-15-8-5-14(6-9-15)7-10-19(22)20-11-12-24-13-17(20)16-3-2-4-18(16)21/h5-6,8-9,16-18,21H,2-4,7,10-13H2,1H3/t16-,17+,18+/m0/s1. The van der Waals surface area contributed by atoms with E-state index in [2.05, 4.69) is 0 Å². The minimum Gasteiger partial charge on any atom is -0.497 e. The van der Waals surface area contributed by atoms with Crippen LogP contribution >= 0.6 is 0 Å². The summed E-state index contributed by atoms with van der Waals surface area (Å²) in [6.45, 7) is 1.78. The number of hydrogen-bond acceptors (Lipinski definition) is 4. The molecule has 0 unspecified atom stereocenters. The van der Waals surface area contributed by atoms with Gasteiger partial charge in [0.05, 0.1) is 32.5 Å². The van der Waals surface area contributed by atoms with Crippen LogP contribution in [0.1, 0.15) is 31.2 Å².